The number of fused-ring (bicyclic) bond motifs is 1. The van der Waals surface area contributed by atoms with Crippen LogP contribution >= 0.6 is 0 Å². The monoisotopic (exact) mass is 541 g/mol. The van der Waals surface area contributed by atoms with E-state index in [0.29, 0.717) is 36.5 Å². The van der Waals surface area contributed by atoms with Crippen LogP contribution < -0.4 is 16.2 Å². The number of ether oxygens (including phenoxy) is 1. The molecule has 3 aromatic heterocycles. The van der Waals surface area contributed by atoms with Gasteiger partial charge >= 0.3 is 0 Å². The highest BCUT2D eigenvalue weighted by Gasteiger charge is 2.25. The van der Waals surface area contributed by atoms with E-state index >= 15 is 0 Å². The van der Waals surface area contributed by atoms with E-state index < -0.39 is 0 Å². The lowest BCUT2D eigenvalue weighted by Crippen LogP contribution is -2.42. The largest absolute Gasteiger partial charge is 0.495 e. The molecule has 12 heteroatoms. The van der Waals surface area contributed by atoms with Crippen LogP contribution in [0.25, 0.3) is 11.0 Å². The fourth-order valence-electron chi connectivity index (χ4n) is 4.67. The van der Waals surface area contributed by atoms with Gasteiger partial charge in [-0.2, -0.15) is 10.1 Å². The smallest absolute Gasteiger partial charge is 0.236 e. The van der Waals surface area contributed by atoms with E-state index in [1.807, 2.05) is 36.0 Å². The molecule has 0 aromatic carbocycles. The number of aliphatic hydroxyl groups excluding tert-OH is 1. The number of likely N-dealkylation sites (N-methyl/N-ethyl adjacent to an activating group) is 1. The Morgan fingerprint density at radius 2 is 1.87 bits per heavy atom. The molecule has 0 atom stereocenters. The SMILES string of the molecule is CCCCCCO.COc1ccc(C2CCN(C(=O)CN(C)C)CC2)nc1Cn1ncc2nc(N)nc(N)c21. The molecule has 0 saturated carbocycles. The van der Waals surface area contributed by atoms with Crippen molar-refractivity contribution < 1.29 is 14.6 Å². The Balaban J connectivity index is 0.000000532. The van der Waals surface area contributed by atoms with E-state index in [4.69, 9.17) is 26.3 Å². The van der Waals surface area contributed by atoms with Crippen LogP contribution in [0.4, 0.5) is 11.8 Å². The minimum absolute atomic E-state index is 0.114. The van der Waals surface area contributed by atoms with E-state index in [-0.39, 0.29) is 23.6 Å². The summed E-state index contributed by atoms with van der Waals surface area (Å²) in [6.07, 6.45) is 8.05. The van der Waals surface area contributed by atoms with Crippen molar-refractivity contribution in [2.45, 2.75) is 57.9 Å². The Kier molecular flexibility index (Phi) is 11.2. The first-order valence-corrected chi connectivity index (χ1v) is 13.6. The predicted octanol–water partition coefficient (Wildman–Crippen LogP) is 2.27. The third kappa shape index (κ3) is 8.24. The molecule has 0 aliphatic carbocycles. The fourth-order valence-corrected chi connectivity index (χ4v) is 4.67. The third-order valence-corrected chi connectivity index (χ3v) is 6.74. The molecule has 0 unspecified atom stereocenters. The maximum Gasteiger partial charge on any atom is 0.236 e. The number of methoxy groups -OCH3 is 1. The molecular formula is C27H43N9O3. The number of anilines is 2. The number of amides is 1. The topological polar surface area (TPSA) is 162 Å². The molecule has 1 aliphatic rings. The number of piperidine rings is 1. The van der Waals surface area contributed by atoms with Gasteiger partial charge in [0.2, 0.25) is 11.9 Å². The molecule has 1 saturated heterocycles. The molecule has 0 spiro atoms. The van der Waals surface area contributed by atoms with E-state index in [2.05, 4.69) is 22.0 Å². The van der Waals surface area contributed by atoms with Gasteiger partial charge in [0, 0.05) is 31.3 Å². The van der Waals surface area contributed by atoms with E-state index in [1.165, 1.54) is 19.3 Å². The van der Waals surface area contributed by atoms with Crippen LogP contribution in [0.1, 0.15) is 62.8 Å². The van der Waals surface area contributed by atoms with Crippen LogP contribution in [0.15, 0.2) is 18.3 Å². The number of nitrogens with zero attached hydrogens (tertiary/aromatic N) is 7. The summed E-state index contributed by atoms with van der Waals surface area (Å²) in [5, 5.41) is 12.7. The maximum atomic E-state index is 12.3. The number of carbonyl (C=O) groups excluding carboxylic acids is 1. The van der Waals surface area contributed by atoms with Gasteiger partial charge in [-0.15, -0.1) is 0 Å². The lowest BCUT2D eigenvalue weighted by atomic mass is 9.92. The first kappa shape index (κ1) is 30.0. The number of rotatable bonds is 10. The molecular weight excluding hydrogens is 498 g/mol. The van der Waals surface area contributed by atoms with Gasteiger partial charge in [0.05, 0.1) is 26.4 Å². The van der Waals surface area contributed by atoms with Crippen molar-refractivity contribution in [1.82, 2.24) is 34.5 Å². The molecule has 0 radical (unpaired) electrons. The zero-order valence-electron chi connectivity index (χ0n) is 23.6. The van der Waals surface area contributed by atoms with Gasteiger partial charge in [-0.3, -0.25) is 14.5 Å². The number of unbranched alkanes of at least 4 members (excludes halogenated alkanes) is 3. The maximum absolute atomic E-state index is 12.3. The first-order chi connectivity index (χ1) is 18.8. The van der Waals surface area contributed by atoms with E-state index in [0.717, 1.165) is 43.7 Å². The fraction of sp³-hybridized carbons (Fsp3) is 0.593. The molecule has 3 aromatic rings. The number of hydrogen-bond donors (Lipinski definition) is 3. The second kappa shape index (κ2) is 14.6. The van der Waals surface area contributed by atoms with Crippen molar-refractivity contribution in [2.75, 3.05) is 58.9 Å². The highest BCUT2D eigenvalue weighted by atomic mass is 16.5. The van der Waals surface area contributed by atoms with Crippen molar-refractivity contribution in [3.05, 3.63) is 29.7 Å². The van der Waals surface area contributed by atoms with Crippen molar-refractivity contribution >= 4 is 28.7 Å². The second-order valence-corrected chi connectivity index (χ2v) is 10.1. The lowest BCUT2D eigenvalue weighted by molar-refractivity contribution is -0.132. The van der Waals surface area contributed by atoms with Gasteiger partial charge in [-0.05, 0) is 45.5 Å². The molecule has 39 heavy (non-hydrogen) atoms. The van der Waals surface area contributed by atoms with Gasteiger partial charge in [0.15, 0.2) is 5.82 Å². The molecule has 214 valence electrons. The zero-order chi connectivity index (χ0) is 28.4. The highest BCUT2D eigenvalue weighted by Crippen LogP contribution is 2.30. The number of likely N-dealkylation sites (tertiary alicyclic amines) is 1. The highest BCUT2D eigenvalue weighted by molar-refractivity contribution is 5.85. The van der Waals surface area contributed by atoms with Gasteiger partial charge in [-0.1, -0.05) is 26.2 Å². The number of nitrogens with two attached hydrogens (primary N) is 2. The summed E-state index contributed by atoms with van der Waals surface area (Å²) < 4.78 is 7.25. The summed E-state index contributed by atoms with van der Waals surface area (Å²) in [4.78, 5) is 29.3. The first-order valence-electron chi connectivity index (χ1n) is 13.6. The molecule has 4 heterocycles. The minimum Gasteiger partial charge on any atom is -0.495 e. The summed E-state index contributed by atoms with van der Waals surface area (Å²) in [5.74, 6) is 1.51. The van der Waals surface area contributed by atoms with Crippen molar-refractivity contribution in [3.63, 3.8) is 0 Å². The van der Waals surface area contributed by atoms with E-state index in [9.17, 15) is 4.79 Å². The zero-order valence-corrected chi connectivity index (χ0v) is 23.6. The van der Waals surface area contributed by atoms with Crippen molar-refractivity contribution in [1.29, 1.82) is 0 Å². The van der Waals surface area contributed by atoms with Crippen LogP contribution in [0, 0.1) is 0 Å². The Hall–Kier alpha value is -3.51. The molecule has 4 rings (SSSR count). The van der Waals surface area contributed by atoms with Gasteiger partial charge < -0.3 is 31.1 Å². The number of nitrogen functional groups attached to an aromatic ring is 2. The van der Waals surface area contributed by atoms with Crippen LogP contribution in [-0.4, -0.2) is 93.0 Å². The normalized spacial score (nSPS) is 13.9. The van der Waals surface area contributed by atoms with Gasteiger partial charge in [0.25, 0.3) is 0 Å². The lowest BCUT2D eigenvalue weighted by Gasteiger charge is -2.32. The number of carbonyl (C=O) groups is 1. The summed E-state index contributed by atoms with van der Waals surface area (Å²) >= 11 is 0. The molecule has 12 nitrogen and oxygen atoms in total. The third-order valence-electron chi connectivity index (χ3n) is 6.74. The number of hydrogen-bond acceptors (Lipinski definition) is 10. The summed E-state index contributed by atoms with van der Waals surface area (Å²) in [6, 6.07) is 3.94. The average molecular weight is 542 g/mol. The predicted molar refractivity (Wildman–Crippen MR) is 152 cm³/mol. The standard InChI is InChI=1S/C21H29N9O2.C6H14O/c1-28(2)12-18(31)29-8-6-13(7-9-29)14-4-5-17(32-3)16(25-14)11-30-19-15(10-24-30)26-21(23)27-20(19)22;1-2-3-4-5-6-7/h4-5,10,13H,6-9,11-12H2,1-3H3,(H4,22,23,26,27);7H,2-6H2,1H3. The second-order valence-electron chi connectivity index (χ2n) is 10.1. The van der Waals surface area contributed by atoms with Crippen LogP contribution in [-0.2, 0) is 11.3 Å². The molecule has 1 fully saturated rings. The van der Waals surface area contributed by atoms with Crippen molar-refractivity contribution in [2.24, 2.45) is 0 Å². The Labute approximate surface area is 230 Å². The van der Waals surface area contributed by atoms with E-state index in [1.54, 1.807) is 18.0 Å². The van der Waals surface area contributed by atoms with Crippen molar-refractivity contribution in [3.8, 4) is 5.75 Å². The molecule has 5 N–H and O–H groups in total. The summed E-state index contributed by atoms with van der Waals surface area (Å²) in [7, 11) is 5.43. The summed E-state index contributed by atoms with van der Waals surface area (Å²) in [6.45, 7) is 4.79. The Morgan fingerprint density at radius 1 is 1.13 bits per heavy atom. The molecule has 1 aliphatic heterocycles. The average Bonchev–Trinajstić information content (AvgIpc) is 3.31. The number of aromatic nitrogens is 5. The summed E-state index contributed by atoms with van der Waals surface area (Å²) in [5.41, 5.74) is 14.7. The number of aliphatic hydroxyl groups is 1. The van der Waals surface area contributed by atoms with Crippen LogP contribution in [0.2, 0.25) is 0 Å². The minimum atomic E-state index is 0.114. The quantitative estimate of drug-likeness (QED) is 0.325. The number of pyridine rings is 1. The Bertz CT molecular complexity index is 1200. The molecule has 0 bridgehead atoms. The van der Waals surface area contributed by atoms with Crippen LogP contribution in [0.3, 0.4) is 0 Å². The van der Waals surface area contributed by atoms with Gasteiger partial charge in [-0.25, -0.2) is 4.98 Å². The van der Waals surface area contributed by atoms with Crippen LogP contribution in [0.5, 0.6) is 5.75 Å². The Morgan fingerprint density at radius 3 is 2.51 bits per heavy atom. The molecule has 1 amide bonds. The van der Waals surface area contributed by atoms with Gasteiger partial charge in [0.1, 0.15) is 22.5 Å².